The summed E-state index contributed by atoms with van der Waals surface area (Å²) in [4.78, 5) is 0.169. The highest BCUT2D eigenvalue weighted by molar-refractivity contribution is 7.86. The molecule has 0 aromatic heterocycles. The average Bonchev–Trinajstić information content (AvgIpc) is 2.73. The highest BCUT2D eigenvalue weighted by Gasteiger charge is 2.49. The van der Waals surface area contributed by atoms with Crippen LogP contribution in [0.15, 0.2) is 40.8 Å². The standard InChI is InChI=1S/C30H56O6SSi3/c1-23-15-17-25(18-16-23)37(31,32)33-20-19-24-21-26(34-39(11,12)29(2,3)4)28(36-38(8,9)10)27(22-24)35-40(13,14)30(5,6)7/h15-19,26-28H,20-22H2,1-14H3/t26-,27-,28?/m1/s1. The highest BCUT2D eigenvalue weighted by atomic mass is 32.2. The van der Waals surface area contributed by atoms with Crippen molar-refractivity contribution in [3.63, 3.8) is 0 Å². The van der Waals surface area contributed by atoms with Crippen molar-refractivity contribution in [2.45, 2.75) is 140 Å². The Morgan fingerprint density at radius 1 is 0.775 bits per heavy atom. The van der Waals surface area contributed by atoms with Crippen LogP contribution in [-0.2, 0) is 27.6 Å². The topological polar surface area (TPSA) is 71.1 Å². The normalized spacial score (nSPS) is 21.9. The first kappa shape index (κ1) is 35.6. The molecule has 0 amide bonds. The van der Waals surface area contributed by atoms with Crippen molar-refractivity contribution in [3.05, 3.63) is 41.5 Å². The Kier molecular flexibility index (Phi) is 11.2. The van der Waals surface area contributed by atoms with Gasteiger partial charge in [0.1, 0.15) is 0 Å². The van der Waals surface area contributed by atoms with Crippen LogP contribution in [-0.4, -0.2) is 58.3 Å². The Balaban J connectivity index is 2.44. The second kappa shape index (κ2) is 12.6. The zero-order chi connectivity index (χ0) is 30.9. The number of hydrogen-bond donors (Lipinski definition) is 0. The zero-order valence-electron chi connectivity index (χ0n) is 27.6. The SMILES string of the molecule is Cc1ccc(S(=O)(=O)OCC=C2C[C@@H](O[Si](C)(C)C(C)(C)C)C(O[Si](C)(C)C)[C@H](O[Si](C)(C)C(C)(C)C)C2)cc1. The van der Waals surface area contributed by atoms with E-state index in [-0.39, 0.29) is 39.9 Å². The quantitative estimate of drug-likeness (QED) is 0.147. The molecule has 1 aliphatic rings. The van der Waals surface area contributed by atoms with E-state index in [0.29, 0.717) is 12.8 Å². The third-order valence-corrected chi connectivity index (χ3v) is 19.8. The van der Waals surface area contributed by atoms with Gasteiger partial charge in [0.2, 0.25) is 0 Å². The molecule has 2 rings (SSSR count). The van der Waals surface area contributed by atoms with Crippen molar-refractivity contribution in [3.8, 4) is 0 Å². The summed E-state index contributed by atoms with van der Waals surface area (Å²) in [6, 6.07) is 6.73. The van der Waals surface area contributed by atoms with Crippen LogP contribution in [0.4, 0.5) is 0 Å². The van der Waals surface area contributed by atoms with Gasteiger partial charge in [-0.3, -0.25) is 4.18 Å². The largest absolute Gasteiger partial charge is 0.411 e. The maximum atomic E-state index is 12.8. The van der Waals surface area contributed by atoms with Gasteiger partial charge >= 0.3 is 0 Å². The van der Waals surface area contributed by atoms with Gasteiger partial charge in [0.25, 0.3) is 10.1 Å². The molecule has 40 heavy (non-hydrogen) atoms. The molecule has 1 aromatic carbocycles. The van der Waals surface area contributed by atoms with Crippen LogP contribution in [0.3, 0.4) is 0 Å². The van der Waals surface area contributed by atoms with Crippen LogP contribution in [0.5, 0.6) is 0 Å². The summed E-state index contributed by atoms with van der Waals surface area (Å²) in [6.07, 6.45) is 2.75. The third kappa shape index (κ3) is 9.72. The molecule has 1 aromatic rings. The predicted molar refractivity (Wildman–Crippen MR) is 174 cm³/mol. The van der Waals surface area contributed by atoms with Crippen LogP contribution in [0, 0.1) is 6.92 Å². The number of rotatable bonds is 10. The summed E-state index contributed by atoms with van der Waals surface area (Å²) in [5, 5.41) is 0.0814. The molecular formula is C30H56O6SSi3. The first-order chi connectivity index (χ1) is 17.8. The molecule has 0 unspecified atom stereocenters. The van der Waals surface area contributed by atoms with Gasteiger partial charge in [0, 0.05) is 0 Å². The highest BCUT2D eigenvalue weighted by Crippen LogP contribution is 2.44. The Bertz CT molecular complexity index is 1080. The van der Waals surface area contributed by atoms with Crippen LogP contribution in [0.2, 0.25) is 55.9 Å². The van der Waals surface area contributed by atoms with Gasteiger partial charge in [-0.05, 0) is 87.8 Å². The Morgan fingerprint density at radius 3 is 1.57 bits per heavy atom. The molecule has 0 heterocycles. The van der Waals surface area contributed by atoms with Gasteiger partial charge in [-0.25, -0.2) is 0 Å². The molecule has 10 heteroatoms. The van der Waals surface area contributed by atoms with Crippen molar-refractivity contribution in [1.29, 1.82) is 0 Å². The Morgan fingerprint density at radius 2 is 1.20 bits per heavy atom. The van der Waals surface area contributed by atoms with Crippen LogP contribution >= 0.6 is 0 Å². The smallest absolute Gasteiger partial charge is 0.297 e. The molecule has 0 N–H and O–H groups in total. The van der Waals surface area contributed by atoms with Gasteiger partial charge < -0.3 is 13.3 Å². The summed E-state index contributed by atoms with van der Waals surface area (Å²) in [5.74, 6) is 0. The molecule has 1 fully saturated rings. The van der Waals surface area contributed by atoms with Gasteiger partial charge in [0.15, 0.2) is 25.0 Å². The van der Waals surface area contributed by atoms with Crippen LogP contribution < -0.4 is 0 Å². The maximum Gasteiger partial charge on any atom is 0.297 e. The molecule has 0 radical (unpaired) electrons. The Hall–Kier alpha value is -0.599. The van der Waals surface area contributed by atoms with E-state index in [1.165, 1.54) is 0 Å². The van der Waals surface area contributed by atoms with Crippen molar-refractivity contribution < 1.29 is 25.9 Å². The van der Waals surface area contributed by atoms with E-state index in [9.17, 15) is 8.42 Å². The Labute approximate surface area is 248 Å². The van der Waals surface area contributed by atoms with E-state index in [0.717, 1.165) is 11.1 Å². The van der Waals surface area contributed by atoms with Gasteiger partial charge in [-0.2, -0.15) is 8.42 Å². The van der Waals surface area contributed by atoms with Crippen molar-refractivity contribution >= 4 is 35.1 Å². The van der Waals surface area contributed by atoms with Crippen molar-refractivity contribution in [1.82, 2.24) is 0 Å². The lowest BCUT2D eigenvalue weighted by atomic mass is 9.88. The molecule has 0 saturated heterocycles. The first-order valence-corrected chi connectivity index (χ1v) is 25.2. The lowest BCUT2D eigenvalue weighted by molar-refractivity contribution is -0.0503. The van der Waals surface area contributed by atoms with E-state index < -0.39 is 35.1 Å². The second-order valence-electron chi connectivity index (χ2n) is 15.4. The van der Waals surface area contributed by atoms with E-state index >= 15 is 0 Å². The van der Waals surface area contributed by atoms with Crippen molar-refractivity contribution in [2.24, 2.45) is 0 Å². The van der Waals surface area contributed by atoms with E-state index in [4.69, 9.17) is 17.5 Å². The van der Waals surface area contributed by atoms with Gasteiger partial charge in [0.05, 0.1) is 29.8 Å². The summed E-state index contributed by atoms with van der Waals surface area (Å²) in [5.41, 5.74) is 2.10. The van der Waals surface area contributed by atoms with E-state index in [2.05, 4.69) is 87.4 Å². The fourth-order valence-electron chi connectivity index (χ4n) is 4.14. The molecule has 2 atom stereocenters. The molecule has 0 spiro atoms. The molecular weight excluding hydrogens is 573 g/mol. The zero-order valence-corrected chi connectivity index (χ0v) is 31.4. The molecule has 1 aliphatic carbocycles. The monoisotopic (exact) mass is 628 g/mol. The molecule has 0 bridgehead atoms. The minimum Gasteiger partial charge on any atom is -0.411 e. The number of benzene rings is 1. The van der Waals surface area contributed by atoms with Gasteiger partial charge in [-0.15, -0.1) is 0 Å². The molecule has 230 valence electrons. The summed E-state index contributed by atoms with van der Waals surface area (Å²) in [7, 11) is -10.1. The van der Waals surface area contributed by atoms with Crippen LogP contribution in [0.25, 0.3) is 0 Å². The van der Waals surface area contributed by atoms with Gasteiger partial charge in [-0.1, -0.05) is 70.9 Å². The average molecular weight is 629 g/mol. The predicted octanol–water partition coefficient (Wildman–Crippen LogP) is 8.42. The minimum atomic E-state index is -3.85. The number of aryl methyl sites for hydroxylation is 1. The lowest BCUT2D eigenvalue weighted by Crippen LogP contribution is -2.58. The van der Waals surface area contributed by atoms with E-state index in [1.807, 2.05) is 13.0 Å². The number of hydrogen-bond acceptors (Lipinski definition) is 6. The second-order valence-corrected chi connectivity index (χ2v) is 30.9. The first-order valence-electron chi connectivity index (χ1n) is 14.5. The fourth-order valence-corrected chi connectivity index (χ4v) is 8.77. The maximum absolute atomic E-state index is 12.8. The minimum absolute atomic E-state index is 0.0231. The van der Waals surface area contributed by atoms with Crippen LogP contribution in [0.1, 0.15) is 59.9 Å². The van der Waals surface area contributed by atoms with E-state index in [1.54, 1.807) is 24.3 Å². The lowest BCUT2D eigenvalue weighted by Gasteiger charge is -2.49. The van der Waals surface area contributed by atoms with Crippen molar-refractivity contribution in [2.75, 3.05) is 6.61 Å². The fraction of sp³-hybridized carbons (Fsp3) is 0.733. The summed E-state index contributed by atoms with van der Waals surface area (Å²) >= 11 is 0. The molecule has 6 nitrogen and oxygen atoms in total. The molecule has 0 aliphatic heterocycles. The molecule has 1 saturated carbocycles. The summed E-state index contributed by atoms with van der Waals surface area (Å²) in [6.45, 7) is 31.2. The summed E-state index contributed by atoms with van der Waals surface area (Å²) < 4.78 is 52.1. The third-order valence-electron chi connectivity index (χ3n) is 8.56.